The van der Waals surface area contributed by atoms with Crippen LogP contribution in [-0.4, -0.2) is 24.8 Å². The highest BCUT2D eigenvalue weighted by atomic mass is 79.9. The normalized spacial score (nSPS) is 12.9. The second-order valence-corrected chi connectivity index (χ2v) is 4.71. The zero-order valence-corrected chi connectivity index (χ0v) is 12.1. The van der Waals surface area contributed by atoms with E-state index in [1.54, 1.807) is 24.3 Å². The number of Topliss-reactive ketones (excluding diaryl/α,β-unsaturated/α-hetero) is 1. The number of ether oxygens (including phenoxy) is 1. The summed E-state index contributed by atoms with van der Waals surface area (Å²) in [4.78, 5) is 23.3. The fourth-order valence-corrected chi connectivity index (χ4v) is 1.81. The summed E-state index contributed by atoms with van der Waals surface area (Å²) >= 11 is 3.28. The van der Waals surface area contributed by atoms with Gasteiger partial charge in [-0.15, -0.1) is 0 Å². The maximum absolute atomic E-state index is 11.9. The molecule has 100 valence electrons. The maximum Gasteiger partial charge on any atom is 0.244 e. The Morgan fingerprint density at radius 3 is 2.68 bits per heavy atom. The van der Waals surface area contributed by atoms with E-state index in [0.29, 0.717) is 5.75 Å². The SMILES string of the molecule is CNC(=O)[C@@H](C#N)C(=O)[C@H](C)Oc1cccc(Br)c1. The molecule has 0 unspecified atom stereocenters. The van der Waals surface area contributed by atoms with Crippen molar-refractivity contribution in [2.45, 2.75) is 13.0 Å². The second-order valence-electron chi connectivity index (χ2n) is 3.80. The van der Waals surface area contributed by atoms with E-state index in [1.165, 1.54) is 14.0 Å². The number of carbonyl (C=O) groups excluding carboxylic acids is 2. The first-order chi connectivity index (χ1) is 8.99. The molecule has 1 N–H and O–H groups in total. The lowest BCUT2D eigenvalue weighted by Crippen LogP contribution is -2.38. The van der Waals surface area contributed by atoms with Gasteiger partial charge in [0.15, 0.2) is 17.8 Å². The Morgan fingerprint density at radius 2 is 2.16 bits per heavy atom. The van der Waals surface area contributed by atoms with Crippen LogP contribution in [0.3, 0.4) is 0 Å². The van der Waals surface area contributed by atoms with Crippen LogP contribution in [0, 0.1) is 17.2 Å². The van der Waals surface area contributed by atoms with Crippen LogP contribution in [0.15, 0.2) is 28.7 Å². The highest BCUT2D eigenvalue weighted by molar-refractivity contribution is 9.10. The standard InChI is InChI=1S/C13H13BrN2O3/c1-8(12(17)11(7-15)13(18)16-2)19-10-5-3-4-9(14)6-10/h3-6,8,11H,1-2H3,(H,16,18)/t8-,11-/m0/s1. The lowest BCUT2D eigenvalue weighted by Gasteiger charge is -2.16. The number of nitrogens with zero attached hydrogens (tertiary/aromatic N) is 1. The van der Waals surface area contributed by atoms with Crippen molar-refractivity contribution in [1.29, 1.82) is 5.26 Å². The van der Waals surface area contributed by atoms with Crippen LogP contribution in [0.5, 0.6) is 5.75 Å². The van der Waals surface area contributed by atoms with Gasteiger partial charge >= 0.3 is 0 Å². The Labute approximate surface area is 119 Å². The molecule has 1 amide bonds. The van der Waals surface area contributed by atoms with Crippen molar-refractivity contribution >= 4 is 27.6 Å². The third-order valence-corrected chi connectivity index (χ3v) is 2.93. The lowest BCUT2D eigenvalue weighted by atomic mass is 10.0. The fourth-order valence-electron chi connectivity index (χ4n) is 1.43. The summed E-state index contributed by atoms with van der Waals surface area (Å²) in [5.74, 6) is -2.06. The van der Waals surface area contributed by atoms with Gasteiger partial charge in [0.05, 0.1) is 6.07 Å². The van der Waals surface area contributed by atoms with Crippen molar-refractivity contribution in [3.05, 3.63) is 28.7 Å². The fraction of sp³-hybridized carbons (Fsp3) is 0.308. The molecule has 1 aromatic rings. The molecule has 0 bridgehead atoms. The summed E-state index contributed by atoms with van der Waals surface area (Å²) in [5, 5.41) is 11.1. The van der Waals surface area contributed by atoms with Gasteiger partial charge in [0.1, 0.15) is 5.75 Å². The molecule has 6 heteroatoms. The molecule has 0 spiro atoms. The first-order valence-corrected chi connectivity index (χ1v) is 6.36. The molecule has 1 aromatic carbocycles. The summed E-state index contributed by atoms with van der Waals surface area (Å²) in [6.07, 6.45) is -0.878. The first kappa shape index (κ1) is 15.2. The summed E-state index contributed by atoms with van der Waals surface area (Å²) in [6.45, 7) is 1.51. The van der Waals surface area contributed by atoms with Crippen LogP contribution in [0.1, 0.15) is 6.92 Å². The van der Waals surface area contributed by atoms with Gasteiger partial charge in [0.25, 0.3) is 0 Å². The average molecular weight is 325 g/mol. The van der Waals surface area contributed by atoms with E-state index in [0.717, 1.165) is 4.47 Å². The van der Waals surface area contributed by atoms with E-state index in [2.05, 4.69) is 21.2 Å². The third kappa shape index (κ3) is 4.07. The highest BCUT2D eigenvalue weighted by Crippen LogP contribution is 2.19. The van der Waals surface area contributed by atoms with Gasteiger partial charge < -0.3 is 10.1 Å². The molecule has 2 atom stereocenters. The maximum atomic E-state index is 11.9. The molecule has 19 heavy (non-hydrogen) atoms. The van der Waals surface area contributed by atoms with E-state index >= 15 is 0 Å². The number of nitriles is 1. The largest absolute Gasteiger partial charge is 0.483 e. The van der Waals surface area contributed by atoms with E-state index in [9.17, 15) is 9.59 Å². The van der Waals surface area contributed by atoms with E-state index in [4.69, 9.17) is 10.00 Å². The predicted octanol–water partition coefficient (Wildman–Crippen LogP) is 1.67. The van der Waals surface area contributed by atoms with Crippen molar-refractivity contribution in [1.82, 2.24) is 5.32 Å². The molecular formula is C13H13BrN2O3. The van der Waals surface area contributed by atoms with Crippen molar-refractivity contribution in [2.75, 3.05) is 7.05 Å². The van der Waals surface area contributed by atoms with Crippen LogP contribution in [-0.2, 0) is 9.59 Å². The van der Waals surface area contributed by atoms with Gasteiger partial charge in [-0.2, -0.15) is 5.26 Å². The van der Waals surface area contributed by atoms with Crippen molar-refractivity contribution in [3.8, 4) is 11.8 Å². The van der Waals surface area contributed by atoms with Crippen molar-refractivity contribution in [3.63, 3.8) is 0 Å². The quantitative estimate of drug-likeness (QED) is 0.835. The number of carbonyl (C=O) groups is 2. The molecule has 0 heterocycles. The minimum absolute atomic E-state index is 0.490. The molecule has 0 saturated heterocycles. The number of halogens is 1. The topological polar surface area (TPSA) is 79.2 Å². The molecule has 0 aromatic heterocycles. The zero-order chi connectivity index (χ0) is 14.4. The summed E-state index contributed by atoms with van der Waals surface area (Å²) < 4.78 is 6.24. The van der Waals surface area contributed by atoms with Gasteiger partial charge in [0.2, 0.25) is 5.91 Å². The number of hydrogen-bond donors (Lipinski definition) is 1. The van der Waals surface area contributed by atoms with E-state index in [-0.39, 0.29) is 0 Å². The van der Waals surface area contributed by atoms with Gasteiger partial charge in [-0.05, 0) is 25.1 Å². The summed E-state index contributed by atoms with van der Waals surface area (Å²) in [6, 6.07) is 8.65. The first-order valence-electron chi connectivity index (χ1n) is 5.56. The van der Waals surface area contributed by atoms with Crippen LogP contribution < -0.4 is 10.1 Å². The second kappa shape index (κ2) is 6.90. The van der Waals surface area contributed by atoms with Gasteiger partial charge in [-0.25, -0.2) is 0 Å². The van der Waals surface area contributed by atoms with Gasteiger partial charge in [0, 0.05) is 11.5 Å². The summed E-state index contributed by atoms with van der Waals surface area (Å²) in [7, 11) is 1.37. The molecule has 5 nitrogen and oxygen atoms in total. The van der Waals surface area contributed by atoms with Crippen LogP contribution in [0.25, 0.3) is 0 Å². The molecule has 0 saturated carbocycles. The zero-order valence-electron chi connectivity index (χ0n) is 10.5. The number of benzene rings is 1. The lowest BCUT2D eigenvalue weighted by molar-refractivity contribution is -0.135. The van der Waals surface area contributed by atoms with Crippen molar-refractivity contribution < 1.29 is 14.3 Å². The molecular weight excluding hydrogens is 312 g/mol. The minimum Gasteiger partial charge on any atom is -0.483 e. The average Bonchev–Trinajstić information content (AvgIpc) is 2.39. The van der Waals surface area contributed by atoms with Crippen molar-refractivity contribution in [2.24, 2.45) is 5.92 Å². The molecule has 0 radical (unpaired) electrons. The Kier molecular flexibility index (Phi) is 5.52. The molecule has 0 fully saturated rings. The molecule has 0 aliphatic heterocycles. The number of hydrogen-bond acceptors (Lipinski definition) is 4. The third-order valence-electron chi connectivity index (χ3n) is 2.43. The number of nitrogens with one attached hydrogen (secondary N) is 1. The Hall–Kier alpha value is -1.87. The predicted molar refractivity (Wildman–Crippen MR) is 72.4 cm³/mol. The molecule has 0 aliphatic rings. The number of rotatable bonds is 5. The van der Waals surface area contributed by atoms with E-state index in [1.807, 2.05) is 6.07 Å². The summed E-state index contributed by atoms with van der Waals surface area (Å²) in [5.41, 5.74) is 0. The minimum atomic E-state index is -1.35. The molecule has 0 aliphatic carbocycles. The van der Waals surface area contributed by atoms with Crippen LogP contribution in [0.4, 0.5) is 0 Å². The monoisotopic (exact) mass is 324 g/mol. The van der Waals surface area contributed by atoms with Gasteiger partial charge in [-0.1, -0.05) is 22.0 Å². The van der Waals surface area contributed by atoms with E-state index < -0.39 is 23.7 Å². The smallest absolute Gasteiger partial charge is 0.244 e. The Balaban J connectivity index is 2.77. The highest BCUT2D eigenvalue weighted by Gasteiger charge is 2.30. The Morgan fingerprint density at radius 1 is 1.47 bits per heavy atom. The Bertz CT molecular complexity index is 525. The number of ketones is 1. The van der Waals surface area contributed by atoms with Gasteiger partial charge in [-0.3, -0.25) is 9.59 Å². The number of amides is 1. The molecule has 1 rings (SSSR count). The van der Waals surface area contributed by atoms with Crippen LogP contribution >= 0.6 is 15.9 Å². The van der Waals surface area contributed by atoms with Crippen LogP contribution in [0.2, 0.25) is 0 Å².